The first kappa shape index (κ1) is 19.1. The monoisotopic (exact) mass is 421 g/mol. The van der Waals surface area contributed by atoms with Gasteiger partial charge >= 0.3 is 0 Å². The molecule has 142 valence electrons. The fourth-order valence-corrected chi connectivity index (χ4v) is 5.99. The third kappa shape index (κ3) is 3.16. The van der Waals surface area contributed by atoms with E-state index in [2.05, 4.69) is 31.3 Å². The predicted molar refractivity (Wildman–Crippen MR) is 112 cm³/mol. The van der Waals surface area contributed by atoms with Crippen LogP contribution in [0.1, 0.15) is 49.7 Å². The zero-order valence-corrected chi connectivity index (χ0v) is 17.6. The molecule has 5 atom stereocenters. The minimum Gasteiger partial charge on any atom is -0.353 e. The Morgan fingerprint density at radius 2 is 1.70 bits per heavy atom. The van der Waals surface area contributed by atoms with Crippen molar-refractivity contribution in [3.05, 3.63) is 68.7 Å². The van der Waals surface area contributed by atoms with E-state index in [0.29, 0.717) is 15.1 Å². The smallest absolute Gasteiger partial charge is 0.226 e. The molecule has 2 aromatic rings. The van der Waals surface area contributed by atoms with Crippen LogP contribution >= 0.6 is 34.8 Å². The van der Waals surface area contributed by atoms with Crippen molar-refractivity contribution >= 4 is 40.7 Å². The standard InChI is InChI=1S/C22H22Cl3NO/c1-12-20-19(13-3-5-14(23)6-4-13)17(9-10-22(20,2)21(27)26-12)16-8-7-15(24)11-18(16)25/h3-8,11-12,17,19-20H,9-10H2,1-2H3,(H,26,27)/t12-,17+,19+,20+,22-/m1/s1. The minimum atomic E-state index is -0.362. The Bertz CT molecular complexity index is 882. The van der Waals surface area contributed by atoms with Crippen LogP contribution in [0.15, 0.2) is 42.5 Å². The van der Waals surface area contributed by atoms with Crippen molar-refractivity contribution in [1.82, 2.24) is 5.32 Å². The zero-order chi connectivity index (χ0) is 19.3. The molecule has 2 aromatic carbocycles. The first-order valence-electron chi connectivity index (χ1n) is 9.32. The van der Waals surface area contributed by atoms with E-state index in [0.717, 1.165) is 18.4 Å². The van der Waals surface area contributed by atoms with Crippen molar-refractivity contribution in [1.29, 1.82) is 0 Å². The lowest BCUT2D eigenvalue weighted by Gasteiger charge is -2.46. The summed E-state index contributed by atoms with van der Waals surface area (Å²) in [5, 5.41) is 5.23. The number of hydrogen-bond acceptors (Lipinski definition) is 1. The second-order valence-corrected chi connectivity index (χ2v) is 9.37. The van der Waals surface area contributed by atoms with Gasteiger partial charge in [-0.2, -0.15) is 0 Å². The number of halogens is 3. The first-order chi connectivity index (χ1) is 12.8. The molecule has 2 aliphatic rings. The Balaban J connectivity index is 1.85. The molecule has 1 aliphatic heterocycles. The highest BCUT2D eigenvalue weighted by atomic mass is 35.5. The van der Waals surface area contributed by atoms with Crippen LogP contribution < -0.4 is 5.32 Å². The molecule has 1 heterocycles. The molecule has 1 N–H and O–H groups in total. The summed E-state index contributed by atoms with van der Waals surface area (Å²) in [6.07, 6.45) is 1.75. The van der Waals surface area contributed by atoms with Crippen molar-refractivity contribution in [2.24, 2.45) is 11.3 Å². The number of rotatable bonds is 2. The molecule has 1 saturated heterocycles. The summed E-state index contributed by atoms with van der Waals surface area (Å²) in [6, 6.07) is 13.9. The number of fused-ring (bicyclic) bond motifs is 1. The van der Waals surface area contributed by atoms with Crippen LogP contribution in [0, 0.1) is 11.3 Å². The molecule has 4 rings (SSSR count). The van der Waals surface area contributed by atoms with Crippen LogP contribution in [0.5, 0.6) is 0 Å². The molecule has 1 amide bonds. The number of nitrogens with one attached hydrogen (secondary N) is 1. The molecule has 1 aliphatic carbocycles. The van der Waals surface area contributed by atoms with Gasteiger partial charge in [0.1, 0.15) is 0 Å². The predicted octanol–water partition coefficient (Wildman–Crippen LogP) is 6.45. The van der Waals surface area contributed by atoms with E-state index in [1.165, 1.54) is 5.56 Å². The molecule has 2 fully saturated rings. The highest BCUT2D eigenvalue weighted by molar-refractivity contribution is 6.35. The molecule has 0 spiro atoms. The largest absolute Gasteiger partial charge is 0.353 e. The first-order valence-corrected chi connectivity index (χ1v) is 10.5. The highest BCUT2D eigenvalue weighted by Crippen LogP contribution is 2.59. The second kappa shape index (κ2) is 6.99. The third-order valence-corrected chi connectivity index (χ3v) is 7.38. The van der Waals surface area contributed by atoms with Gasteiger partial charge in [-0.1, -0.05) is 59.9 Å². The summed E-state index contributed by atoms with van der Waals surface area (Å²) in [7, 11) is 0. The van der Waals surface area contributed by atoms with Gasteiger partial charge in [0, 0.05) is 27.0 Å². The van der Waals surface area contributed by atoms with E-state index < -0.39 is 0 Å². The Labute approximate surface area is 175 Å². The molecule has 0 bridgehead atoms. The van der Waals surface area contributed by atoms with E-state index in [-0.39, 0.29) is 35.1 Å². The van der Waals surface area contributed by atoms with Crippen LogP contribution in [0.4, 0.5) is 0 Å². The second-order valence-electron chi connectivity index (χ2n) is 8.09. The zero-order valence-electron chi connectivity index (χ0n) is 15.3. The molecule has 27 heavy (non-hydrogen) atoms. The van der Waals surface area contributed by atoms with Crippen molar-refractivity contribution in [2.75, 3.05) is 0 Å². The van der Waals surface area contributed by atoms with E-state index in [1.807, 2.05) is 30.3 Å². The lowest BCUT2D eigenvalue weighted by Crippen LogP contribution is -2.42. The fraction of sp³-hybridized carbons (Fsp3) is 0.409. The third-order valence-electron chi connectivity index (χ3n) is 6.56. The normalized spacial score (nSPS) is 32.9. The van der Waals surface area contributed by atoms with E-state index >= 15 is 0 Å². The molecule has 0 radical (unpaired) electrons. The van der Waals surface area contributed by atoms with Gasteiger partial charge in [0.15, 0.2) is 0 Å². The van der Waals surface area contributed by atoms with E-state index in [1.54, 1.807) is 0 Å². The van der Waals surface area contributed by atoms with Crippen LogP contribution in [0.25, 0.3) is 0 Å². The summed E-state index contributed by atoms with van der Waals surface area (Å²) < 4.78 is 0. The minimum absolute atomic E-state index is 0.108. The lowest BCUT2D eigenvalue weighted by atomic mass is 9.56. The number of hydrogen-bond donors (Lipinski definition) is 1. The maximum atomic E-state index is 12.8. The molecule has 5 heteroatoms. The van der Waals surface area contributed by atoms with Crippen LogP contribution in [-0.2, 0) is 4.79 Å². The van der Waals surface area contributed by atoms with Crippen LogP contribution in [0.3, 0.4) is 0 Å². The lowest BCUT2D eigenvalue weighted by molar-refractivity contribution is -0.129. The molecule has 0 aromatic heterocycles. The maximum Gasteiger partial charge on any atom is 0.226 e. The van der Waals surface area contributed by atoms with E-state index in [4.69, 9.17) is 34.8 Å². The Kier molecular flexibility index (Phi) is 4.95. The van der Waals surface area contributed by atoms with Crippen molar-refractivity contribution in [3.63, 3.8) is 0 Å². The highest BCUT2D eigenvalue weighted by Gasteiger charge is 2.57. The number of benzene rings is 2. The topological polar surface area (TPSA) is 29.1 Å². The fourth-order valence-electron chi connectivity index (χ4n) is 5.31. The number of carbonyl (C=O) groups excluding carboxylic acids is 1. The number of carbonyl (C=O) groups is 1. The summed E-state index contributed by atoms with van der Waals surface area (Å²) in [5.74, 6) is 0.758. The quantitative estimate of drug-likeness (QED) is 0.592. The van der Waals surface area contributed by atoms with Gasteiger partial charge < -0.3 is 5.32 Å². The maximum absolute atomic E-state index is 12.8. The van der Waals surface area contributed by atoms with Crippen LogP contribution in [0.2, 0.25) is 15.1 Å². The average Bonchev–Trinajstić information content (AvgIpc) is 2.85. The SMILES string of the molecule is C[C@H]1NC(=O)[C@]2(C)CC[C@@H](c3ccc(Cl)cc3Cl)[C@H](c3ccc(Cl)cc3)[C@H]12. The van der Waals surface area contributed by atoms with Crippen molar-refractivity contribution in [3.8, 4) is 0 Å². The van der Waals surface area contributed by atoms with Gasteiger partial charge in [-0.25, -0.2) is 0 Å². The van der Waals surface area contributed by atoms with Crippen LogP contribution in [-0.4, -0.2) is 11.9 Å². The molecular weight excluding hydrogens is 401 g/mol. The number of amides is 1. The molecule has 2 nitrogen and oxygen atoms in total. The van der Waals surface area contributed by atoms with Crippen molar-refractivity contribution < 1.29 is 4.79 Å². The molecule has 1 saturated carbocycles. The summed E-state index contributed by atoms with van der Waals surface area (Å²) in [4.78, 5) is 12.8. The van der Waals surface area contributed by atoms with Gasteiger partial charge in [-0.05, 0) is 67.0 Å². The van der Waals surface area contributed by atoms with Gasteiger partial charge in [-0.15, -0.1) is 0 Å². The molecule has 0 unspecified atom stereocenters. The Morgan fingerprint density at radius 3 is 2.37 bits per heavy atom. The van der Waals surface area contributed by atoms with Gasteiger partial charge in [0.25, 0.3) is 0 Å². The summed E-state index contributed by atoms with van der Waals surface area (Å²) >= 11 is 18.9. The summed E-state index contributed by atoms with van der Waals surface area (Å²) in [6.45, 7) is 4.22. The van der Waals surface area contributed by atoms with Gasteiger partial charge in [0.05, 0.1) is 5.41 Å². The Morgan fingerprint density at radius 1 is 1.04 bits per heavy atom. The van der Waals surface area contributed by atoms with E-state index in [9.17, 15) is 4.79 Å². The average molecular weight is 423 g/mol. The summed E-state index contributed by atoms with van der Waals surface area (Å²) in [5.41, 5.74) is 1.95. The molecular formula is C22H22Cl3NO. The Hall–Kier alpha value is -1.22. The van der Waals surface area contributed by atoms with Gasteiger partial charge in [-0.3, -0.25) is 4.79 Å². The van der Waals surface area contributed by atoms with Gasteiger partial charge in [0.2, 0.25) is 5.91 Å². The van der Waals surface area contributed by atoms with Crippen molar-refractivity contribution in [2.45, 2.75) is 44.6 Å².